The van der Waals surface area contributed by atoms with Crippen LogP contribution in [0.15, 0.2) is 42.5 Å². The number of nitrogens with zero attached hydrogens (tertiary/aromatic N) is 2. The van der Waals surface area contributed by atoms with E-state index in [1.165, 1.54) is 37.3 Å². The topological polar surface area (TPSA) is 74.8 Å². The maximum Gasteiger partial charge on any atom is 0.275 e. The average molecular weight is 468 g/mol. The molecule has 1 atom stereocenters. The lowest BCUT2D eigenvalue weighted by Crippen LogP contribution is -2.59. The Bertz CT molecular complexity index is 1010. The van der Waals surface area contributed by atoms with Gasteiger partial charge in [-0.3, -0.25) is 19.2 Å². The van der Waals surface area contributed by atoms with Gasteiger partial charge in [-0.15, -0.1) is 0 Å². The standard InChI is InChI=1S/C21H17Cl3N2O4/c1-12(20(29)13-5-7-14(22)8-6-13)25(26-18(27)3-2-4-19(26)28)21(30)16-10-9-15(23)11-17(16)24/h5-12H,2-4H2,1H3/t12-/m0/s1. The van der Waals surface area contributed by atoms with E-state index in [2.05, 4.69) is 0 Å². The van der Waals surface area contributed by atoms with Crippen molar-refractivity contribution in [3.8, 4) is 0 Å². The van der Waals surface area contributed by atoms with Crippen molar-refractivity contribution in [2.75, 3.05) is 0 Å². The second-order valence-electron chi connectivity index (χ2n) is 6.77. The Hall–Kier alpha value is -2.41. The molecule has 0 unspecified atom stereocenters. The molecule has 0 bridgehead atoms. The predicted molar refractivity (Wildman–Crippen MR) is 114 cm³/mol. The number of carbonyl (C=O) groups excluding carboxylic acids is 4. The minimum atomic E-state index is -1.16. The summed E-state index contributed by atoms with van der Waals surface area (Å²) in [6.45, 7) is 1.45. The zero-order chi connectivity index (χ0) is 22.0. The first-order valence-electron chi connectivity index (χ1n) is 9.14. The van der Waals surface area contributed by atoms with E-state index in [0.717, 1.165) is 10.0 Å². The van der Waals surface area contributed by atoms with Crippen molar-refractivity contribution in [2.24, 2.45) is 0 Å². The maximum absolute atomic E-state index is 13.4. The quantitative estimate of drug-likeness (QED) is 0.467. The van der Waals surface area contributed by atoms with E-state index in [4.69, 9.17) is 34.8 Å². The van der Waals surface area contributed by atoms with Crippen LogP contribution in [0.3, 0.4) is 0 Å². The van der Waals surface area contributed by atoms with Crippen LogP contribution in [-0.4, -0.2) is 39.6 Å². The summed E-state index contributed by atoms with van der Waals surface area (Å²) in [5.41, 5.74) is 0.298. The zero-order valence-electron chi connectivity index (χ0n) is 15.9. The van der Waals surface area contributed by atoms with Gasteiger partial charge in [0.1, 0.15) is 6.04 Å². The number of amides is 3. The molecule has 3 amide bonds. The fourth-order valence-corrected chi connectivity index (χ4v) is 3.79. The second-order valence-corrected chi connectivity index (χ2v) is 8.05. The fourth-order valence-electron chi connectivity index (χ4n) is 3.17. The predicted octanol–water partition coefficient (Wildman–Crippen LogP) is 4.81. The van der Waals surface area contributed by atoms with Gasteiger partial charge in [-0.25, -0.2) is 5.01 Å². The third kappa shape index (κ3) is 4.51. The molecule has 6 nitrogen and oxygen atoms in total. The molecular weight excluding hydrogens is 451 g/mol. The van der Waals surface area contributed by atoms with Gasteiger partial charge < -0.3 is 0 Å². The molecular formula is C21H17Cl3N2O4. The van der Waals surface area contributed by atoms with Crippen LogP contribution in [0.5, 0.6) is 0 Å². The highest BCUT2D eigenvalue weighted by atomic mass is 35.5. The largest absolute Gasteiger partial charge is 0.292 e. The smallest absolute Gasteiger partial charge is 0.275 e. The van der Waals surface area contributed by atoms with Crippen LogP contribution < -0.4 is 0 Å². The molecule has 0 radical (unpaired) electrons. The molecule has 1 aliphatic heterocycles. The van der Waals surface area contributed by atoms with Gasteiger partial charge in [0.2, 0.25) is 11.8 Å². The van der Waals surface area contributed by atoms with Crippen LogP contribution in [0.2, 0.25) is 15.1 Å². The molecule has 9 heteroatoms. The number of ketones is 1. The first kappa shape index (κ1) is 22.3. The lowest BCUT2D eigenvalue weighted by molar-refractivity contribution is -0.165. The van der Waals surface area contributed by atoms with Crippen LogP contribution in [0.25, 0.3) is 0 Å². The summed E-state index contributed by atoms with van der Waals surface area (Å²) in [5, 5.41) is 2.45. The maximum atomic E-state index is 13.4. The Labute approximate surface area is 188 Å². The summed E-state index contributed by atoms with van der Waals surface area (Å²) in [4.78, 5) is 51.6. The molecule has 1 aliphatic rings. The molecule has 1 heterocycles. The first-order valence-corrected chi connectivity index (χ1v) is 10.3. The van der Waals surface area contributed by atoms with Gasteiger partial charge >= 0.3 is 0 Å². The third-order valence-corrected chi connectivity index (χ3v) is 5.51. The molecule has 1 saturated heterocycles. The van der Waals surface area contributed by atoms with Crippen molar-refractivity contribution in [1.82, 2.24) is 10.0 Å². The van der Waals surface area contributed by atoms with Crippen LogP contribution in [0, 0.1) is 0 Å². The van der Waals surface area contributed by atoms with Crippen molar-refractivity contribution in [3.63, 3.8) is 0 Å². The van der Waals surface area contributed by atoms with Gasteiger partial charge in [-0.2, -0.15) is 5.01 Å². The van der Waals surface area contributed by atoms with Crippen molar-refractivity contribution < 1.29 is 19.2 Å². The number of carbonyl (C=O) groups is 4. The average Bonchev–Trinajstić information content (AvgIpc) is 2.70. The van der Waals surface area contributed by atoms with E-state index in [1.54, 1.807) is 12.1 Å². The number of Topliss-reactive ketones (excluding diaryl/α,β-unsaturated/α-hetero) is 1. The van der Waals surface area contributed by atoms with Gasteiger partial charge in [0.05, 0.1) is 10.6 Å². The van der Waals surface area contributed by atoms with Crippen LogP contribution in [-0.2, 0) is 9.59 Å². The molecule has 0 aliphatic carbocycles. The van der Waals surface area contributed by atoms with Gasteiger partial charge in [-0.1, -0.05) is 34.8 Å². The summed E-state index contributed by atoms with van der Waals surface area (Å²) >= 11 is 18.0. The summed E-state index contributed by atoms with van der Waals surface area (Å²) < 4.78 is 0. The van der Waals surface area contributed by atoms with Gasteiger partial charge in [0.25, 0.3) is 5.91 Å². The fraction of sp³-hybridized carbons (Fsp3) is 0.238. The van der Waals surface area contributed by atoms with Crippen LogP contribution in [0.1, 0.15) is 46.9 Å². The van der Waals surface area contributed by atoms with E-state index in [-0.39, 0.29) is 29.0 Å². The Morgan fingerprint density at radius 1 is 0.933 bits per heavy atom. The van der Waals surface area contributed by atoms with Crippen molar-refractivity contribution >= 4 is 58.3 Å². The highest BCUT2D eigenvalue weighted by Gasteiger charge is 2.40. The first-order chi connectivity index (χ1) is 14.2. The number of hydrazine groups is 1. The van der Waals surface area contributed by atoms with Crippen molar-refractivity contribution in [3.05, 3.63) is 68.7 Å². The number of hydrogen-bond acceptors (Lipinski definition) is 4. The number of piperidine rings is 1. The number of halogens is 3. The lowest BCUT2D eigenvalue weighted by Gasteiger charge is -2.38. The number of rotatable bonds is 5. The summed E-state index contributed by atoms with van der Waals surface area (Å²) in [7, 11) is 0. The molecule has 30 heavy (non-hydrogen) atoms. The van der Waals surface area contributed by atoms with Crippen LogP contribution in [0.4, 0.5) is 0 Å². The number of imide groups is 1. The summed E-state index contributed by atoms with van der Waals surface area (Å²) in [5.74, 6) is -2.33. The summed E-state index contributed by atoms with van der Waals surface area (Å²) in [6, 6.07) is 9.18. The van der Waals surface area contributed by atoms with Crippen molar-refractivity contribution in [1.29, 1.82) is 0 Å². The highest BCUT2D eigenvalue weighted by Crippen LogP contribution is 2.27. The molecule has 3 rings (SSSR count). The molecule has 2 aromatic rings. The van der Waals surface area contributed by atoms with Crippen LogP contribution >= 0.6 is 34.8 Å². The summed E-state index contributed by atoms with van der Waals surface area (Å²) in [6.07, 6.45) is 0.564. The van der Waals surface area contributed by atoms with Gasteiger partial charge in [0.15, 0.2) is 5.78 Å². The zero-order valence-corrected chi connectivity index (χ0v) is 18.2. The number of benzene rings is 2. The Morgan fingerprint density at radius 2 is 1.50 bits per heavy atom. The molecule has 0 saturated carbocycles. The molecule has 2 aromatic carbocycles. The minimum Gasteiger partial charge on any atom is -0.292 e. The molecule has 0 spiro atoms. The normalized spacial score (nSPS) is 15.1. The molecule has 1 fully saturated rings. The number of hydrogen-bond donors (Lipinski definition) is 0. The van der Waals surface area contributed by atoms with E-state index in [1.807, 2.05) is 0 Å². The molecule has 0 aromatic heterocycles. The van der Waals surface area contributed by atoms with E-state index in [0.29, 0.717) is 16.5 Å². The second kappa shape index (κ2) is 9.16. The minimum absolute atomic E-state index is 0.0167. The molecule has 156 valence electrons. The highest BCUT2D eigenvalue weighted by molar-refractivity contribution is 6.36. The Balaban J connectivity index is 2.05. The van der Waals surface area contributed by atoms with E-state index in [9.17, 15) is 19.2 Å². The monoisotopic (exact) mass is 466 g/mol. The Morgan fingerprint density at radius 3 is 2.07 bits per heavy atom. The van der Waals surface area contributed by atoms with Crippen molar-refractivity contribution in [2.45, 2.75) is 32.2 Å². The Kier molecular flexibility index (Phi) is 6.81. The third-order valence-electron chi connectivity index (χ3n) is 4.71. The molecule has 0 N–H and O–H groups in total. The van der Waals surface area contributed by atoms with Gasteiger partial charge in [0, 0.05) is 28.5 Å². The lowest BCUT2D eigenvalue weighted by atomic mass is 10.0. The van der Waals surface area contributed by atoms with Gasteiger partial charge in [-0.05, 0) is 55.8 Å². The van der Waals surface area contributed by atoms with E-state index >= 15 is 0 Å². The van der Waals surface area contributed by atoms with E-state index < -0.39 is 29.5 Å². The SMILES string of the molecule is C[C@@H](C(=O)c1ccc(Cl)cc1)N(C(=O)c1ccc(Cl)cc1Cl)N1C(=O)CCCC1=O.